The van der Waals surface area contributed by atoms with Crippen molar-refractivity contribution in [3.63, 3.8) is 0 Å². The van der Waals surface area contributed by atoms with Crippen LogP contribution < -0.4 is 0 Å². The number of hydrogen-bond donors (Lipinski definition) is 0. The van der Waals surface area contributed by atoms with E-state index in [4.69, 9.17) is 0 Å². The molecule has 2 heteroatoms. The fourth-order valence-electron chi connectivity index (χ4n) is 1.37. The molecule has 0 aliphatic carbocycles. The molecule has 0 aromatic carbocycles. The summed E-state index contributed by atoms with van der Waals surface area (Å²) >= 11 is 0. The van der Waals surface area contributed by atoms with Gasteiger partial charge in [-0.15, -0.1) is 12.4 Å². The van der Waals surface area contributed by atoms with Gasteiger partial charge in [0.2, 0.25) is 0 Å². The molecule has 0 radical (unpaired) electrons. The summed E-state index contributed by atoms with van der Waals surface area (Å²) in [6.07, 6.45) is 10.2. The molecular formula is C11H27ClP+. The summed E-state index contributed by atoms with van der Waals surface area (Å²) in [4.78, 5) is 0. The van der Waals surface area contributed by atoms with Gasteiger partial charge < -0.3 is 0 Å². The second-order valence-electron chi connectivity index (χ2n) is 4.78. The van der Waals surface area contributed by atoms with E-state index >= 15 is 0 Å². The van der Waals surface area contributed by atoms with Gasteiger partial charge in [-0.05, 0) is 12.8 Å². The van der Waals surface area contributed by atoms with E-state index in [-0.39, 0.29) is 12.4 Å². The average molecular weight is 226 g/mol. The maximum atomic E-state index is 2.44. The van der Waals surface area contributed by atoms with E-state index in [2.05, 4.69) is 26.9 Å². The Hall–Kier alpha value is 0.720. The predicted octanol–water partition coefficient (Wildman–Crippen LogP) is 4.68. The number of unbranched alkanes of at least 4 members (excludes halogenated alkanes) is 5. The van der Waals surface area contributed by atoms with Crippen LogP contribution in [0.4, 0.5) is 0 Å². The highest BCUT2D eigenvalue weighted by molar-refractivity contribution is 7.73. The minimum absolute atomic E-state index is 0. The lowest BCUT2D eigenvalue weighted by atomic mass is 10.1. The minimum atomic E-state index is -0.471. The van der Waals surface area contributed by atoms with Crippen LogP contribution in [0.1, 0.15) is 45.4 Å². The van der Waals surface area contributed by atoms with Gasteiger partial charge in [-0.2, -0.15) is 0 Å². The zero-order valence-electron chi connectivity index (χ0n) is 9.81. The van der Waals surface area contributed by atoms with E-state index in [0.29, 0.717) is 0 Å². The molecule has 82 valence electrons. The fraction of sp³-hybridized carbons (Fsp3) is 1.00. The highest BCUT2D eigenvalue weighted by atomic mass is 35.5. The van der Waals surface area contributed by atoms with Gasteiger partial charge in [0.25, 0.3) is 0 Å². The molecule has 0 aromatic rings. The second kappa shape index (κ2) is 9.28. The normalized spacial score (nSPS) is 11.1. The lowest BCUT2D eigenvalue weighted by Crippen LogP contribution is -1.92. The largest absolute Gasteiger partial charge is 0.147 e. The smallest absolute Gasteiger partial charge is 0.0586 e. The van der Waals surface area contributed by atoms with Crippen molar-refractivity contribution in [2.24, 2.45) is 0 Å². The monoisotopic (exact) mass is 225 g/mol. The zero-order valence-corrected chi connectivity index (χ0v) is 11.5. The number of rotatable bonds is 7. The molecular weight excluding hydrogens is 199 g/mol. The van der Waals surface area contributed by atoms with Crippen molar-refractivity contribution in [1.82, 2.24) is 0 Å². The molecule has 0 heterocycles. The molecule has 0 atom stereocenters. The van der Waals surface area contributed by atoms with Crippen molar-refractivity contribution in [3.05, 3.63) is 0 Å². The highest BCUT2D eigenvalue weighted by Gasteiger charge is 2.15. The first-order chi connectivity index (χ1) is 5.56. The predicted molar refractivity (Wildman–Crippen MR) is 70.2 cm³/mol. The van der Waals surface area contributed by atoms with Crippen LogP contribution in [0.5, 0.6) is 0 Å². The van der Waals surface area contributed by atoms with Crippen LogP contribution in [0.25, 0.3) is 0 Å². The van der Waals surface area contributed by atoms with Crippen LogP contribution in [0.2, 0.25) is 0 Å². The molecule has 0 nitrogen and oxygen atoms in total. The third-order valence-electron chi connectivity index (χ3n) is 2.18. The summed E-state index contributed by atoms with van der Waals surface area (Å²) in [6.45, 7) is 9.61. The van der Waals surface area contributed by atoms with E-state index in [1.165, 1.54) is 44.7 Å². The average Bonchev–Trinajstić information content (AvgIpc) is 1.94. The molecule has 0 rings (SSSR count). The first-order valence-corrected chi connectivity index (χ1v) is 8.68. The molecule has 13 heavy (non-hydrogen) atoms. The summed E-state index contributed by atoms with van der Waals surface area (Å²) in [6, 6.07) is 0. The van der Waals surface area contributed by atoms with Crippen molar-refractivity contribution in [1.29, 1.82) is 0 Å². The fourth-order valence-corrected chi connectivity index (χ4v) is 2.54. The Kier molecular flexibility index (Phi) is 11.5. The third kappa shape index (κ3) is 15.5. The lowest BCUT2D eigenvalue weighted by molar-refractivity contribution is 0.626. The zero-order chi connectivity index (χ0) is 9.45. The number of halogens is 1. The third-order valence-corrected chi connectivity index (χ3v) is 3.84. The van der Waals surface area contributed by atoms with Gasteiger partial charge in [0.05, 0.1) is 6.16 Å². The lowest BCUT2D eigenvalue weighted by Gasteiger charge is -2.10. The van der Waals surface area contributed by atoms with E-state index < -0.39 is 7.26 Å². The van der Waals surface area contributed by atoms with Gasteiger partial charge in [-0.3, -0.25) is 0 Å². The van der Waals surface area contributed by atoms with Crippen LogP contribution in [-0.4, -0.2) is 26.2 Å². The van der Waals surface area contributed by atoms with Gasteiger partial charge in [0.1, 0.15) is 0 Å². The Balaban J connectivity index is 0. The van der Waals surface area contributed by atoms with E-state index in [0.717, 1.165) is 0 Å². The van der Waals surface area contributed by atoms with Crippen molar-refractivity contribution in [2.75, 3.05) is 26.2 Å². The van der Waals surface area contributed by atoms with Crippen LogP contribution >= 0.6 is 19.7 Å². The molecule has 0 spiro atoms. The van der Waals surface area contributed by atoms with Gasteiger partial charge in [0.15, 0.2) is 0 Å². The molecule has 0 amide bonds. The summed E-state index contributed by atoms with van der Waals surface area (Å²) in [7, 11) is -0.471. The standard InChI is InChI=1S/C11H26P.ClH/c1-5-6-7-8-9-10-11-12(2,3)4;/h5-11H2,1-4H3;1H/q+1;. The van der Waals surface area contributed by atoms with Crippen LogP contribution in [0.15, 0.2) is 0 Å². The molecule has 0 fully saturated rings. The summed E-state index contributed by atoms with van der Waals surface area (Å²) in [5.41, 5.74) is 0. The maximum absolute atomic E-state index is 2.44. The first kappa shape index (κ1) is 16.2. The SMILES string of the molecule is CCCCCCCC[P+](C)(C)C.Cl. The highest BCUT2D eigenvalue weighted by Crippen LogP contribution is 2.47. The van der Waals surface area contributed by atoms with Gasteiger partial charge in [-0.25, -0.2) is 0 Å². The Morgan fingerprint density at radius 1 is 0.769 bits per heavy atom. The quantitative estimate of drug-likeness (QED) is 0.436. The Morgan fingerprint density at radius 2 is 1.23 bits per heavy atom. The summed E-state index contributed by atoms with van der Waals surface area (Å²) in [5, 5.41) is 0. The van der Waals surface area contributed by atoms with Gasteiger partial charge in [-0.1, -0.05) is 32.6 Å². The van der Waals surface area contributed by atoms with Crippen LogP contribution in [-0.2, 0) is 0 Å². The molecule has 0 aliphatic heterocycles. The molecule has 0 saturated heterocycles. The van der Waals surface area contributed by atoms with E-state index in [1.807, 2.05) is 0 Å². The van der Waals surface area contributed by atoms with Gasteiger partial charge >= 0.3 is 0 Å². The molecule has 0 N–H and O–H groups in total. The first-order valence-electron chi connectivity index (χ1n) is 5.36. The molecule has 0 bridgehead atoms. The number of hydrogen-bond acceptors (Lipinski definition) is 0. The van der Waals surface area contributed by atoms with Crippen molar-refractivity contribution < 1.29 is 0 Å². The van der Waals surface area contributed by atoms with Crippen LogP contribution in [0, 0.1) is 0 Å². The van der Waals surface area contributed by atoms with Crippen molar-refractivity contribution in [2.45, 2.75) is 45.4 Å². The molecule has 0 aliphatic rings. The van der Waals surface area contributed by atoms with Crippen molar-refractivity contribution in [3.8, 4) is 0 Å². The Labute approximate surface area is 91.6 Å². The molecule has 0 saturated carbocycles. The summed E-state index contributed by atoms with van der Waals surface area (Å²) in [5.74, 6) is 0. The minimum Gasteiger partial charge on any atom is -0.147 e. The summed E-state index contributed by atoms with van der Waals surface area (Å²) < 4.78 is 0. The second-order valence-corrected chi connectivity index (χ2v) is 9.81. The van der Waals surface area contributed by atoms with Crippen LogP contribution in [0.3, 0.4) is 0 Å². The van der Waals surface area contributed by atoms with E-state index in [1.54, 1.807) is 0 Å². The Morgan fingerprint density at radius 3 is 1.69 bits per heavy atom. The molecule has 0 unspecified atom stereocenters. The maximum Gasteiger partial charge on any atom is 0.0586 e. The van der Waals surface area contributed by atoms with E-state index in [9.17, 15) is 0 Å². The van der Waals surface area contributed by atoms with Crippen molar-refractivity contribution >= 4 is 19.7 Å². The van der Waals surface area contributed by atoms with Gasteiger partial charge in [0, 0.05) is 27.3 Å². The topological polar surface area (TPSA) is 0 Å². The molecule has 0 aromatic heterocycles. The Bertz CT molecular complexity index is 96.8.